The van der Waals surface area contributed by atoms with Crippen LogP contribution in [0.2, 0.25) is 0 Å². The predicted molar refractivity (Wildman–Crippen MR) is 58.0 cm³/mol. The molecule has 0 amide bonds. The molecule has 16 heavy (non-hydrogen) atoms. The van der Waals surface area contributed by atoms with Gasteiger partial charge in [-0.05, 0) is 19.8 Å². The Bertz CT molecular complexity index is 272. The van der Waals surface area contributed by atoms with Crippen LogP contribution < -0.4 is 0 Å². The SMILES string of the molecule is CC=COCCC(CC)(CC(=O)O)C(=O)O. The van der Waals surface area contributed by atoms with Crippen molar-refractivity contribution < 1.29 is 24.5 Å². The van der Waals surface area contributed by atoms with Gasteiger partial charge in [0.2, 0.25) is 0 Å². The van der Waals surface area contributed by atoms with Crippen LogP contribution in [-0.4, -0.2) is 28.8 Å². The molecule has 0 aliphatic heterocycles. The van der Waals surface area contributed by atoms with E-state index in [4.69, 9.17) is 14.9 Å². The maximum atomic E-state index is 11.1. The van der Waals surface area contributed by atoms with E-state index in [9.17, 15) is 9.59 Å². The van der Waals surface area contributed by atoms with Crippen LogP contribution in [0.15, 0.2) is 12.3 Å². The number of carboxylic acid groups (broad SMARTS) is 2. The summed E-state index contributed by atoms with van der Waals surface area (Å²) in [6, 6.07) is 0. The average Bonchev–Trinajstić information content (AvgIpc) is 2.21. The molecular weight excluding hydrogens is 212 g/mol. The molecule has 0 fully saturated rings. The Kier molecular flexibility index (Phi) is 6.22. The highest BCUT2D eigenvalue weighted by atomic mass is 16.5. The maximum absolute atomic E-state index is 11.1. The van der Waals surface area contributed by atoms with Gasteiger partial charge in [-0.15, -0.1) is 0 Å². The smallest absolute Gasteiger partial charge is 0.310 e. The third kappa shape index (κ3) is 4.33. The number of hydrogen-bond donors (Lipinski definition) is 2. The summed E-state index contributed by atoms with van der Waals surface area (Å²) < 4.78 is 5.04. The summed E-state index contributed by atoms with van der Waals surface area (Å²) in [6.07, 6.45) is 3.23. The molecular formula is C11H18O5. The van der Waals surface area contributed by atoms with Gasteiger partial charge in [0.05, 0.1) is 24.7 Å². The number of carbonyl (C=O) groups is 2. The lowest BCUT2D eigenvalue weighted by Crippen LogP contribution is -2.34. The fraction of sp³-hybridized carbons (Fsp3) is 0.636. The minimum Gasteiger partial charge on any atom is -0.502 e. The number of aliphatic carboxylic acids is 2. The van der Waals surface area contributed by atoms with Crippen molar-refractivity contribution in [1.29, 1.82) is 0 Å². The first-order valence-corrected chi connectivity index (χ1v) is 5.16. The summed E-state index contributed by atoms with van der Waals surface area (Å²) in [5.41, 5.74) is -1.23. The first-order valence-electron chi connectivity index (χ1n) is 5.16. The molecule has 5 nitrogen and oxygen atoms in total. The lowest BCUT2D eigenvalue weighted by atomic mass is 9.79. The maximum Gasteiger partial charge on any atom is 0.310 e. The number of rotatable bonds is 8. The lowest BCUT2D eigenvalue weighted by Gasteiger charge is -2.25. The Morgan fingerprint density at radius 3 is 2.38 bits per heavy atom. The Balaban J connectivity index is 4.51. The van der Waals surface area contributed by atoms with Gasteiger partial charge in [0.1, 0.15) is 0 Å². The summed E-state index contributed by atoms with van der Waals surface area (Å²) >= 11 is 0. The second-order valence-corrected chi connectivity index (χ2v) is 3.60. The fourth-order valence-electron chi connectivity index (χ4n) is 1.43. The molecule has 0 spiro atoms. The fourth-order valence-corrected chi connectivity index (χ4v) is 1.43. The topological polar surface area (TPSA) is 83.8 Å². The number of ether oxygens (including phenoxy) is 1. The van der Waals surface area contributed by atoms with Crippen LogP contribution in [0.1, 0.15) is 33.1 Å². The van der Waals surface area contributed by atoms with Gasteiger partial charge in [0.25, 0.3) is 0 Å². The zero-order valence-corrected chi connectivity index (χ0v) is 9.60. The van der Waals surface area contributed by atoms with Crippen molar-refractivity contribution in [3.63, 3.8) is 0 Å². The van der Waals surface area contributed by atoms with E-state index in [1.54, 1.807) is 19.9 Å². The molecule has 92 valence electrons. The third-order valence-corrected chi connectivity index (χ3v) is 2.55. The summed E-state index contributed by atoms with van der Waals surface area (Å²) in [7, 11) is 0. The van der Waals surface area contributed by atoms with Gasteiger partial charge in [0, 0.05) is 0 Å². The molecule has 0 bridgehead atoms. The largest absolute Gasteiger partial charge is 0.502 e. The van der Waals surface area contributed by atoms with E-state index in [2.05, 4.69) is 0 Å². The van der Waals surface area contributed by atoms with Gasteiger partial charge in [-0.25, -0.2) is 0 Å². The molecule has 0 aromatic heterocycles. The minimum absolute atomic E-state index is 0.190. The quantitative estimate of drug-likeness (QED) is 0.491. The van der Waals surface area contributed by atoms with E-state index < -0.39 is 17.4 Å². The normalized spacial score (nSPS) is 14.6. The Hall–Kier alpha value is -1.52. The van der Waals surface area contributed by atoms with Crippen molar-refractivity contribution in [2.45, 2.75) is 33.1 Å². The Morgan fingerprint density at radius 1 is 1.38 bits per heavy atom. The van der Waals surface area contributed by atoms with Crippen LogP contribution in [0.4, 0.5) is 0 Å². The molecule has 1 unspecified atom stereocenters. The molecule has 2 N–H and O–H groups in total. The first kappa shape index (κ1) is 14.5. The van der Waals surface area contributed by atoms with Crippen LogP contribution in [0, 0.1) is 5.41 Å². The zero-order chi connectivity index (χ0) is 12.6. The van der Waals surface area contributed by atoms with Gasteiger partial charge in [-0.2, -0.15) is 0 Å². The van der Waals surface area contributed by atoms with Crippen LogP contribution in [-0.2, 0) is 14.3 Å². The summed E-state index contributed by atoms with van der Waals surface area (Å²) in [4.78, 5) is 21.8. The molecule has 5 heteroatoms. The van der Waals surface area contributed by atoms with Crippen molar-refractivity contribution in [2.75, 3.05) is 6.61 Å². The van der Waals surface area contributed by atoms with E-state index in [1.807, 2.05) is 0 Å². The number of hydrogen-bond acceptors (Lipinski definition) is 3. The highest BCUT2D eigenvalue weighted by Crippen LogP contribution is 2.31. The van der Waals surface area contributed by atoms with Gasteiger partial charge in [-0.3, -0.25) is 9.59 Å². The van der Waals surface area contributed by atoms with Crippen molar-refractivity contribution in [3.8, 4) is 0 Å². The lowest BCUT2D eigenvalue weighted by molar-refractivity contribution is -0.157. The predicted octanol–water partition coefficient (Wildman–Crippen LogP) is 1.88. The van der Waals surface area contributed by atoms with Crippen molar-refractivity contribution in [1.82, 2.24) is 0 Å². The molecule has 0 saturated carbocycles. The van der Waals surface area contributed by atoms with E-state index >= 15 is 0 Å². The molecule has 0 aliphatic rings. The monoisotopic (exact) mass is 230 g/mol. The van der Waals surface area contributed by atoms with E-state index in [0.29, 0.717) is 0 Å². The van der Waals surface area contributed by atoms with Crippen molar-refractivity contribution >= 4 is 11.9 Å². The van der Waals surface area contributed by atoms with E-state index in [-0.39, 0.29) is 25.9 Å². The first-order chi connectivity index (χ1) is 7.48. The standard InChI is InChI=1S/C11H18O5/c1-3-6-16-7-5-11(4-2,10(14)15)8-9(12)13/h3,6H,4-5,7-8H2,1-2H3,(H,12,13)(H,14,15). The van der Waals surface area contributed by atoms with Crippen molar-refractivity contribution in [2.24, 2.45) is 5.41 Å². The molecule has 0 radical (unpaired) electrons. The molecule has 0 rings (SSSR count). The minimum atomic E-state index is -1.23. The van der Waals surface area contributed by atoms with Gasteiger partial charge < -0.3 is 14.9 Å². The molecule has 0 aliphatic carbocycles. The van der Waals surface area contributed by atoms with Crippen LogP contribution in [0.5, 0.6) is 0 Å². The summed E-state index contributed by atoms with van der Waals surface area (Å²) in [5.74, 6) is -2.18. The van der Waals surface area contributed by atoms with Crippen LogP contribution in [0.25, 0.3) is 0 Å². The average molecular weight is 230 g/mol. The summed E-state index contributed by atoms with van der Waals surface area (Å²) in [6.45, 7) is 3.66. The Labute approximate surface area is 94.7 Å². The highest BCUT2D eigenvalue weighted by Gasteiger charge is 2.38. The molecule has 0 heterocycles. The second-order valence-electron chi connectivity index (χ2n) is 3.60. The van der Waals surface area contributed by atoms with Gasteiger partial charge in [-0.1, -0.05) is 13.0 Å². The highest BCUT2D eigenvalue weighted by molar-refractivity contribution is 5.81. The zero-order valence-electron chi connectivity index (χ0n) is 9.60. The number of carboxylic acids is 2. The van der Waals surface area contributed by atoms with Crippen molar-refractivity contribution in [3.05, 3.63) is 12.3 Å². The van der Waals surface area contributed by atoms with E-state index in [1.165, 1.54) is 6.26 Å². The van der Waals surface area contributed by atoms with E-state index in [0.717, 1.165) is 0 Å². The molecule has 0 aromatic rings. The molecule has 0 saturated heterocycles. The molecule has 1 atom stereocenters. The second kappa shape index (κ2) is 6.87. The van der Waals surface area contributed by atoms with Crippen LogP contribution in [0.3, 0.4) is 0 Å². The Morgan fingerprint density at radius 2 is 2.00 bits per heavy atom. The summed E-state index contributed by atoms with van der Waals surface area (Å²) in [5, 5.41) is 17.8. The number of allylic oxidation sites excluding steroid dienone is 1. The van der Waals surface area contributed by atoms with Gasteiger partial charge >= 0.3 is 11.9 Å². The van der Waals surface area contributed by atoms with Gasteiger partial charge in [0.15, 0.2) is 0 Å². The molecule has 0 aromatic carbocycles. The third-order valence-electron chi connectivity index (χ3n) is 2.55. The van der Waals surface area contributed by atoms with Crippen LogP contribution >= 0.6 is 0 Å².